The first-order valence-corrected chi connectivity index (χ1v) is 7.37. The van der Waals surface area contributed by atoms with E-state index in [1.165, 1.54) is 0 Å². The number of halogens is 2. The second-order valence-corrected chi connectivity index (χ2v) is 5.21. The summed E-state index contributed by atoms with van der Waals surface area (Å²) >= 11 is 12.2. The van der Waals surface area contributed by atoms with Gasteiger partial charge >= 0.3 is 0 Å². The second-order valence-electron chi connectivity index (χ2n) is 4.54. The summed E-state index contributed by atoms with van der Waals surface area (Å²) in [5, 5.41) is 0.751. The van der Waals surface area contributed by atoms with Crippen molar-refractivity contribution in [1.82, 2.24) is 0 Å². The van der Waals surface area contributed by atoms with E-state index in [-0.39, 0.29) is 0 Å². The highest BCUT2D eigenvalue weighted by atomic mass is 35.5. The lowest BCUT2D eigenvalue weighted by molar-refractivity contribution is 0.0526. The molecule has 1 aliphatic rings. The molecule has 2 rings (SSSR count). The summed E-state index contributed by atoms with van der Waals surface area (Å²) in [5.41, 5.74) is 2.18. The maximum Gasteiger partial charge on any atom is 0.0750 e. The van der Waals surface area contributed by atoms with Gasteiger partial charge in [0, 0.05) is 36.0 Å². The van der Waals surface area contributed by atoms with E-state index in [0.717, 1.165) is 48.8 Å². The van der Waals surface area contributed by atoms with Gasteiger partial charge in [-0.2, -0.15) is 0 Å². The smallest absolute Gasteiger partial charge is 0.0750 e. The maximum absolute atomic E-state index is 6.20. The lowest BCUT2D eigenvalue weighted by atomic mass is 10.1. The number of nitrogens with zero attached hydrogens (tertiary/aromatic N) is 1. The fourth-order valence-corrected chi connectivity index (χ4v) is 3.09. The zero-order valence-electron chi connectivity index (χ0n) is 10.7. The van der Waals surface area contributed by atoms with Crippen molar-refractivity contribution in [3.63, 3.8) is 0 Å². The van der Waals surface area contributed by atoms with Crippen LogP contribution in [0.15, 0.2) is 18.2 Å². The molecule has 0 aromatic heterocycles. The number of piperidine rings is 1. The fourth-order valence-electron chi connectivity index (χ4n) is 2.50. The van der Waals surface area contributed by atoms with Crippen LogP contribution in [0.5, 0.6) is 0 Å². The Hall–Kier alpha value is -0.440. The topological polar surface area (TPSA) is 12.5 Å². The van der Waals surface area contributed by atoms with Gasteiger partial charge < -0.3 is 9.64 Å². The molecule has 0 saturated carbocycles. The van der Waals surface area contributed by atoms with E-state index in [9.17, 15) is 0 Å². The molecule has 0 bridgehead atoms. The van der Waals surface area contributed by atoms with Crippen molar-refractivity contribution in [2.24, 2.45) is 0 Å². The Morgan fingerprint density at radius 3 is 3.00 bits per heavy atom. The van der Waals surface area contributed by atoms with E-state index in [1.807, 2.05) is 19.1 Å². The van der Waals surface area contributed by atoms with Gasteiger partial charge in [0.1, 0.15) is 0 Å². The predicted molar refractivity (Wildman–Crippen MR) is 77.9 cm³/mol. The molecule has 1 fully saturated rings. The molecule has 0 radical (unpaired) electrons. The van der Waals surface area contributed by atoms with Crippen LogP contribution in [-0.4, -0.2) is 25.8 Å². The zero-order chi connectivity index (χ0) is 13.0. The molecule has 0 amide bonds. The lowest BCUT2D eigenvalue weighted by Crippen LogP contribution is -2.40. The summed E-state index contributed by atoms with van der Waals surface area (Å²) in [6.07, 6.45) is 2.62. The van der Waals surface area contributed by atoms with E-state index < -0.39 is 0 Å². The molecule has 1 atom stereocenters. The Balaban J connectivity index is 2.18. The number of anilines is 1. The standard InChI is InChI=1S/C14H19Cl2NO/c1-2-18-11-5-4-8-17(10-11)14-7-3-6-13(16)12(14)9-15/h3,6-7,11H,2,4-5,8-10H2,1H3. The van der Waals surface area contributed by atoms with Crippen molar-refractivity contribution in [2.45, 2.75) is 31.7 Å². The van der Waals surface area contributed by atoms with Crippen molar-refractivity contribution in [3.8, 4) is 0 Å². The van der Waals surface area contributed by atoms with Crippen molar-refractivity contribution in [2.75, 3.05) is 24.6 Å². The van der Waals surface area contributed by atoms with Crippen molar-refractivity contribution >= 4 is 28.9 Å². The van der Waals surface area contributed by atoms with Crippen LogP contribution < -0.4 is 4.90 Å². The van der Waals surface area contributed by atoms with Crippen molar-refractivity contribution < 1.29 is 4.74 Å². The fraction of sp³-hybridized carbons (Fsp3) is 0.571. The van der Waals surface area contributed by atoms with E-state index in [4.69, 9.17) is 27.9 Å². The van der Waals surface area contributed by atoms with Gasteiger partial charge in [-0.05, 0) is 31.9 Å². The molecule has 2 nitrogen and oxygen atoms in total. The average Bonchev–Trinajstić information content (AvgIpc) is 2.39. The van der Waals surface area contributed by atoms with Crippen LogP contribution >= 0.6 is 23.2 Å². The highest BCUT2D eigenvalue weighted by Gasteiger charge is 2.22. The van der Waals surface area contributed by atoms with Gasteiger partial charge in [-0.25, -0.2) is 0 Å². The average molecular weight is 288 g/mol. The van der Waals surface area contributed by atoms with Crippen molar-refractivity contribution in [1.29, 1.82) is 0 Å². The maximum atomic E-state index is 6.20. The molecule has 100 valence electrons. The molecule has 18 heavy (non-hydrogen) atoms. The molecule has 0 aliphatic carbocycles. The SMILES string of the molecule is CCOC1CCCN(c2cccc(Cl)c2CCl)C1. The normalized spacial score (nSPS) is 20.2. The zero-order valence-corrected chi connectivity index (χ0v) is 12.2. The largest absolute Gasteiger partial charge is 0.377 e. The van der Waals surface area contributed by atoms with Crippen LogP contribution in [0.1, 0.15) is 25.3 Å². The van der Waals surface area contributed by atoms with Gasteiger partial charge in [-0.1, -0.05) is 17.7 Å². The summed E-state index contributed by atoms with van der Waals surface area (Å²) in [6, 6.07) is 5.97. The third-order valence-electron chi connectivity index (χ3n) is 3.35. The summed E-state index contributed by atoms with van der Waals surface area (Å²) < 4.78 is 5.73. The van der Waals surface area contributed by atoms with Gasteiger partial charge in [0.2, 0.25) is 0 Å². The van der Waals surface area contributed by atoms with Gasteiger partial charge in [-0.15, -0.1) is 11.6 Å². The first-order chi connectivity index (χ1) is 8.76. The van der Waals surface area contributed by atoms with Crippen LogP contribution in [-0.2, 0) is 10.6 Å². The number of hydrogen-bond acceptors (Lipinski definition) is 2. The van der Waals surface area contributed by atoms with Gasteiger partial charge in [0.25, 0.3) is 0 Å². The molecule has 1 saturated heterocycles. The highest BCUT2D eigenvalue weighted by molar-refractivity contribution is 6.32. The third-order valence-corrected chi connectivity index (χ3v) is 3.97. The van der Waals surface area contributed by atoms with Crippen LogP contribution in [0.25, 0.3) is 0 Å². The van der Waals surface area contributed by atoms with Crippen LogP contribution in [0, 0.1) is 0 Å². The van der Waals surface area contributed by atoms with Crippen LogP contribution in [0.2, 0.25) is 5.02 Å². The molecular weight excluding hydrogens is 269 g/mol. The van der Waals surface area contributed by atoms with E-state index in [1.54, 1.807) is 0 Å². The number of rotatable bonds is 4. The molecule has 1 unspecified atom stereocenters. The number of hydrogen-bond donors (Lipinski definition) is 0. The highest BCUT2D eigenvalue weighted by Crippen LogP contribution is 2.31. The van der Waals surface area contributed by atoms with Crippen LogP contribution in [0.3, 0.4) is 0 Å². The van der Waals surface area contributed by atoms with Crippen molar-refractivity contribution in [3.05, 3.63) is 28.8 Å². The summed E-state index contributed by atoms with van der Waals surface area (Å²) in [5.74, 6) is 0.449. The van der Waals surface area contributed by atoms with Crippen LogP contribution in [0.4, 0.5) is 5.69 Å². The Kier molecular flexibility index (Phi) is 5.16. The number of benzene rings is 1. The van der Waals surface area contributed by atoms with E-state index >= 15 is 0 Å². The molecule has 1 heterocycles. The molecule has 1 aliphatic heterocycles. The van der Waals surface area contributed by atoms with Gasteiger partial charge in [-0.3, -0.25) is 0 Å². The second kappa shape index (κ2) is 6.65. The monoisotopic (exact) mass is 287 g/mol. The molecule has 1 aromatic carbocycles. The minimum Gasteiger partial charge on any atom is -0.377 e. The summed E-state index contributed by atoms with van der Waals surface area (Å²) in [6.45, 7) is 4.80. The summed E-state index contributed by atoms with van der Waals surface area (Å²) in [7, 11) is 0. The van der Waals surface area contributed by atoms with Gasteiger partial charge in [0.15, 0.2) is 0 Å². The Morgan fingerprint density at radius 2 is 2.28 bits per heavy atom. The summed E-state index contributed by atoms with van der Waals surface area (Å²) in [4.78, 5) is 2.34. The first-order valence-electron chi connectivity index (χ1n) is 6.46. The number of ether oxygens (including phenoxy) is 1. The quantitative estimate of drug-likeness (QED) is 0.774. The Bertz CT molecular complexity index is 395. The number of alkyl halides is 1. The minimum absolute atomic E-state index is 0.325. The van der Waals surface area contributed by atoms with Gasteiger partial charge in [0.05, 0.1) is 12.0 Å². The Labute approximate surface area is 119 Å². The van der Waals surface area contributed by atoms with E-state index in [2.05, 4.69) is 11.0 Å². The molecular formula is C14H19Cl2NO. The first kappa shape index (κ1) is 14.0. The molecule has 1 aromatic rings. The molecule has 0 N–H and O–H groups in total. The molecule has 0 spiro atoms. The van der Waals surface area contributed by atoms with E-state index in [0.29, 0.717) is 12.0 Å². The molecule has 4 heteroatoms. The lowest BCUT2D eigenvalue weighted by Gasteiger charge is -2.35. The minimum atomic E-state index is 0.325. The Morgan fingerprint density at radius 1 is 1.44 bits per heavy atom. The predicted octanol–water partition coefficient (Wildman–Crippen LogP) is 4.08. The third kappa shape index (κ3) is 3.11.